The van der Waals surface area contributed by atoms with E-state index >= 15 is 0 Å². The first kappa shape index (κ1) is 26.3. The highest BCUT2D eigenvalue weighted by Gasteiger charge is 2.41. The van der Waals surface area contributed by atoms with E-state index in [1.54, 1.807) is 29.4 Å². The van der Waals surface area contributed by atoms with E-state index in [9.17, 15) is 9.59 Å². The molecule has 3 aliphatic rings. The second kappa shape index (κ2) is 11.2. The molecule has 2 amide bonds. The van der Waals surface area contributed by atoms with Gasteiger partial charge in [0.2, 0.25) is 11.9 Å². The molecule has 1 aliphatic carbocycles. The highest BCUT2D eigenvalue weighted by molar-refractivity contribution is 5.99. The topological polar surface area (TPSA) is 107 Å². The molecule has 2 fully saturated rings. The van der Waals surface area contributed by atoms with Crippen LogP contribution in [0.15, 0.2) is 24.5 Å². The number of likely N-dealkylation sites (tertiary alicyclic amines) is 1. The highest BCUT2D eigenvalue weighted by Crippen LogP contribution is 2.40. The van der Waals surface area contributed by atoms with Gasteiger partial charge >= 0.3 is 0 Å². The molecule has 1 saturated heterocycles. The maximum Gasteiger partial charge on any atom is 0.253 e. The van der Waals surface area contributed by atoms with Gasteiger partial charge in [-0.2, -0.15) is 4.98 Å². The van der Waals surface area contributed by atoms with Crippen LogP contribution >= 0.6 is 0 Å². The van der Waals surface area contributed by atoms with Gasteiger partial charge in [0, 0.05) is 31.4 Å². The minimum absolute atomic E-state index is 0.0811. The first-order chi connectivity index (χ1) is 18.4. The number of nitrogens with one attached hydrogen (secondary N) is 2. The molecule has 204 valence electrons. The lowest BCUT2D eigenvalue weighted by molar-refractivity contribution is -0.122. The molecule has 5 rings (SSSR count). The molecule has 2 aliphatic heterocycles. The summed E-state index contributed by atoms with van der Waals surface area (Å²) in [5, 5.41) is 6.34. The van der Waals surface area contributed by atoms with Gasteiger partial charge in [-0.15, -0.1) is 0 Å². The Balaban J connectivity index is 1.35. The zero-order chi connectivity index (χ0) is 26.8. The van der Waals surface area contributed by atoms with Crippen LogP contribution in [0.5, 0.6) is 0 Å². The molecule has 0 aromatic carbocycles. The van der Waals surface area contributed by atoms with E-state index < -0.39 is 0 Å². The number of hydrogen-bond acceptors (Lipinski definition) is 8. The maximum atomic E-state index is 13.2. The van der Waals surface area contributed by atoms with Crippen molar-refractivity contribution in [3.63, 3.8) is 0 Å². The molecule has 0 bridgehead atoms. The van der Waals surface area contributed by atoms with Gasteiger partial charge in [0.05, 0.1) is 17.7 Å². The second-order valence-corrected chi connectivity index (χ2v) is 11.0. The van der Waals surface area contributed by atoms with Gasteiger partial charge in [-0.3, -0.25) is 9.59 Å². The molecule has 1 saturated carbocycles. The van der Waals surface area contributed by atoms with E-state index in [-0.39, 0.29) is 29.8 Å². The van der Waals surface area contributed by atoms with Crippen LogP contribution in [-0.2, 0) is 4.79 Å². The number of nitrogens with zero attached hydrogens (tertiary/aromatic N) is 6. The maximum absolute atomic E-state index is 13.2. The number of carbonyl (C=O) groups is 2. The molecule has 2 aromatic heterocycles. The van der Waals surface area contributed by atoms with Crippen molar-refractivity contribution < 1.29 is 9.59 Å². The van der Waals surface area contributed by atoms with Crippen LogP contribution in [0.4, 0.5) is 23.3 Å². The molecule has 2 aromatic rings. The number of rotatable bonds is 6. The van der Waals surface area contributed by atoms with Crippen LogP contribution in [0.2, 0.25) is 0 Å². The summed E-state index contributed by atoms with van der Waals surface area (Å²) in [7, 11) is 3.92. The van der Waals surface area contributed by atoms with Crippen molar-refractivity contribution >= 4 is 35.1 Å². The molecule has 0 unspecified atom stereocenters. The van der Waals surface area contributed by atoms with E-state index in [2.05, 4.69) is 44.4 Å². The molecule has 4 heterocycles. The molecule has 0 spiro atoms. The Morgan fingerprint density at radius 1 is 1.05 bits per heavy atom. The van der Waals surface area contributed by atoms with Crippen molar-refractivity contribution in [2.24, 2.45) is 5.92 Å². The summed E-state index contributed by atoms with van der Waals surface area (Å²) < 4.78 is 0. The van der Waals surface area contributed by atoms with Crippen molar-refractivity contribution in [2.45, 2.75) is 76.9 Å². The third-order valence-electron chi connectivity index (χ3n) is 8.47. The number of anilines is 4. The first-order valence-corrected chi connectivity index (χ1v) is 14.0. The van der Waals surface area contributed by atoms with E-state index in [0.717, 1.165) is 56.7 Å². The van der Waals surface area contributed by atoms with Crippen molar-refractivity contribution in [1.82, 2.24) is 25.2 Å². The fraction of sp³-hybridized carbons (Fsp3) is 0.607. The Kier molecular flexibility index (Phi) is 7.78. The molecular weight excluding hydrogens is 480 g/mol. The third-order valence-corrected chi connectivity index (χ3v) is 8.47. The number of amides is 2. The zero-order valence-corrected chi connectivity index (χ0v) is 23.0. The predicted octanol–water partition coefficient (Wildman–Crippen LogP) is 3.58. The molecule has 38 heavy (non-hydrogen) atoms. The smallest absolute Gasteiger partial charge is 0.253 e. The van der Waals surface area contributed by atoms with Crippen LogP contribution in [-0.4, -0.2) is 77.0 Å². The lowest BCUT2D eigenvalue weighted by Crippen LogP contribution is -2.47. The lowest BCUT2D eigenvalue weighted by Gasteiger charge is -2.38. The van der Waals surface area contributed by atoms with Gasteiger partial charge in [-0.05, 0) is 64.4 Å². The second-order valence-electron chi connectivity index (χ2n) is 11.0. The molecule has 10 heteroatoms. The predicted molar refractivity (Wildman–Crippen MR) is 149 cm³/mol. The van der Waals surface area contributed by atoms with Gasteiger partial charge < -0.3 is 25.3 Å². The number of fused-ring (bicyclic) bond motifs is 1. The summed E-state index contributed by atoms with van der Waals surface area (Å²) in [6.45, 7) is 6.16. The fourth-order valence-corrected chi connectivity index (χ4v) is 6.15. The van der Waals surface area contributed by atoms with Crippen LogP contribution < -0.4 is 20.4 Å². The standard InChI is InChI=1S/C28H40N8O2/c1-5-22-18(2)27(38)35(4)23-17-30-28(33-25(23)36(22)21-8-6-7-9-21)32-24-11-10-19(16-29-24)26(37)31-20-12-14-34(3)15-13-20/h10-11,16-18,20-22H,5-9,12-15H2,1-4H3,(H,31,37)(H,29,30,32,33)/t18-,22+/m0/s1. The van der Waals surface area contributed by atoms with Gasteiger partial charge in [0.25, 0.3) is 5.91 Å². The Hall–Kier alpha value is -3.27. The van der Waals surface area contributed by atoms with Gasteiger partial charge in [0.1, 0.15) is 11.5 Å². The molecule has 2 atom stereocenters. The summed E-state index contributed by atoms with van der Waals surface area (Å²) in [5.74, 6) is 1.65. The Labute approximate surface area is 225 Å². The SMILES string of the molecule is CC[C@@H]1[C@H](C)C(=O)N(C)c2cnc(Nc3ccc(C(=O)NC4CCN(C)CC4)cn3)nc2N1C1CCCC1. The highest BCUT2D eigenvalue weighted by atomic mass is 16.2. The van der Waals surface area contributed by atoms with Gasteiger partial charge in [-0.25, -0.2) is 9.97 Å². The van der Waals surface area contributed by atoms with Crippen molar-refractivity contribution in [2.75, 3.05) is 42.3 Å². The number of pyridine rings is 1. The van der Waals surface area contributed by atoms with Crippen LogP contribution in [0, 0.1) is 5.92 Å². The van der Waals surface area contributed by atoms with E-state index in [0.29, 0.717) is 23.4 Å². The van der Waals surface area contributed by atoms with Crippen LogP contribution in [0.25, 0.3) is 0 Å². The number of carbonyl (C=O) groups excluding carboxylic acids is 2. The number of aromatic nitrogens is 3. The van der Waals surface area contributed by atoms with Crippen molar-refractivity contribution in [1.29, 1.82) is 0 Å². The van der Waals surface area contributed by atoms with Gasteiger partial charge in [-0.1, -0.05) is 26.7 Å². The van der Waals surface area contributed by atoms with Crippen LogP contribution in [0.1, 0.15) is 69.2 Å². The van der Waals surface area contributed by atoms with Gasteiger partial charge in [0.15, 0.2) is 5.82 Å². The van der Waals surface area contributed by atoms with Crippen LogP contribution in [0.3, 0.4) is 0 Å². The molecule has 10 nitrogen and oxygen atoms in total. The first-order valence-electron chi connectivity index (χ1n) is 14.0. The fourth-order valence-electron chi connectivity index (χ4n) is 6.15. The minimum Gasteiger partial charge on any atom is -0.349 e. The van der Waals surface area contributed by atoms with E-state index in [1.165, 1.54) is 12.8 Å². The van der Waals surface area contributed by atoms with Crippen molar-refractivity contribution in [3.05, 3.63) is 30.1 Å². The number of piperidine rings is 1. The summed E-state index contributed by atoms with van der Waals surface area (Å²) >= 11 is 0. The third kappa shape index (κ3) is 5.32. The monoisotopic (exact) mass is 520 g/mol. The Morgan fingerprint density at radius 2 is 1.79 bits per heavy atom. The quantitative estimate of drug-likeness (QED) is 0.595. The molecular formula is C28H40N8O2. The normalized spacial score (nSPS) is 23.3. The summed E-state index contributed by atoms with van der Waals surface area (Å²) in [6, 6.07) is 4.20. The molecule has 0 radical (unpaired) electrons. The number of hydrogen-bond donors (Lipinski definition) is 2. The van der Waals surface area contributed by atoms with E-state index in [4.69, 9.17) is 4.98 Å². The van der Waals surface area contributed by atoms with E-state index in [1.807, 2.05) is 14.0 Å². The van der Waals surface area contributed by atoms with Crippen molar-refractivity contribution in [3.8, 4) is 0 Å². The average molecular weight is 521 g/mol. The summed E-state index contributed by atoms with van der Waals surface area (Å²) in [5.41, 5.74) is 1.27. The Bertz CT molecular complexity index is 1140. The lowest BCUT2D eigenvalue weighted by atomic mass is 9.95. The molecule has 2 N–H and O–H groups in total. The largest absolute Gasteiger partial charge is 0.349 e. The summed E-state index contributed by atoms with van der Waals surface area (Å²) in [4.78, 5) is 46.2. The average Bonchev–Trinajstić information content (AvgIpc) is 3.44. The minimum atomic E-state index is -0.133. The Morgan fingerprint density at radius 3 is 2.45 bits per heavy atom. The zero-order valence-electron chi connectivity index (χ0n) is 23.0. The summed E-state index contributed by atoms with van der Waals surface area (Å²) in [6.07, 6.45) is 10.7.